The Hall–Kier alpha value is -2.34. The standard InChI is InChI=1S/C14H12ClFN2O3/c1-2-21-14-8-10(4-6-13(14)18(19)20)17-9-3-5-12(16)11(15)7-9/h3-8,17H,2H2,1H3. The van der Waals surface area contributed by atoms with Crippen LogP contribution in [-0.2, 0) is 0 Å². The molecule has 21 heavy (non-hydrogen) atoms. The number of nitro groups is 1. The molecule has 0 aliphatic carbocycles. The summed E-state index contributed by atoms with van der Waals surface area (Å²) < 4.78 is 18.3. The van der Waals surface area contributed by atoms with Gasteiger partial charge >= 0.3 is 5.69 Å². The number of hydrogen-bond acceptors (Lipinski definition) is 4. The van der Waals surface area contributed by atoms with Gasteiger partial charge in [-0.1, -0.05) is 11.6 Å². The second kappa shape index (κ2) is 6.41. The number of nitrogens with zero attached hydrogens (tertiary/aromatic N) is 1. The second-order valence-electron chi connectivity index (χ2n) is 4.13. The molecule has 0 amide bonds. The van der Waals surface area contributed by atoms with Gasteiger partial charge in [0.05, 0.1) is 16.6 Å². The molecule has 2 aromatic carbocycles. The number of nitrogens with one attached hydrogen (secondary N) is 1. The van der Waals surface area contributed by atoms with Crippen molar-refractivity contribution in [1.29, 1.82) is 0 Å². The van der Waals surface area contributed by atoms with Crippen molar-refractivity contribution in [2.45, 2.75) is 6.92 Å². The van der Waals surface area contributed by atoms with Crippen LogP contribution in [0.15, 0.2) is 36.4 Å². The van der Waals surface area contributed by atoms with E-state index in [2.05, 4.69) is 5.32 Å². The highest BCUT2D eigenvalue weighted by molar-refractivity contribution is 6.31. The Kier molecular flexibility index (Phi) is 4.59. The van der Waals surface area contributed by atoms with E-state index in [0.29, 0.717) is 18.0 Å². The summed E-state index contributed by atoms with van der Waals surface area (Å²) in [5.74, 6) is -0.346. The fourth-order valence-corrected chi connectivity index (χ4v) is 1.93. The topological polar surface area (TPSA) is 64.4 Å². The fraction of sp³-hybridized carbons (Fsp3) is 0.143. The number of anilines is 2. The third-order valence-electron chi connectivity index (χ3n) is 2.66. The van der Waals surface area contributed by atoms with Gasteiger partial charge in [-0.25, -0.2) is 4.39 Å². The minimum Gasteiger partial charge on any atom is -0.487 e. The molecular weight excluding hydrogens is 299 g/mol. The molecule has 0 bridgehead atoms. The fourth-order valence-electron chi connectivity index (χ4n) is 1.75. The second-order valence-corrected chi connectivity index (χ2v) is 4.53. The van der Waals surface area contributed by atoms with Gasteiger partial charge in [-0.05, 0) is 31.2 Å². The summed E-state index contributed by atoms with van der Waals surface area (Å²) in [6, 6.07) is 8.58. The zero-order valence-corrected chi connectivity index (χ0v) is 11.9. The third kappa shape index (κ3) is 3.61. The minimum absolute atomic E-state index is 0.00746. The van der Waals surface area contributed by atoms with Crippen molar-refractivity contribution in [2.75, 3.05) is 11.9 Å². The average Bonchev–Trinajstić information content (AvgIpc) is 2.43. The monoisotopic (exact) mass is 310 g/mol. The molecule has 0 aliphatic heterocycles. The molecular formula is C14H12ClFN2O3. The number of nitro benzene ring substituents is 1. The quantitative estimate of drug-likeness (QED) is 0.651. The van der Waals surface area contributed by atoms with Gasteiger partial charge in [-0.3, -0.25) is 10.1 Å². The maximum Gasteiger partial charge on any atom is 0.311 e. The Bertz CT molecular complexity index is 679. The molecule has 0 aromatic heterocycles. The van der Waals surface area contributed by atoms with Crippen LogP contribution < -0.4 is 10.1 Å². The van der Waals surface area contributed by atoms with Crippen LogP contribution in [0, 0.1) is 15.9 Å². The van der Waals surface area contributed by atoms with Gasteiger partial charge in [-0.2, -0.15) is 0 Å². The number of benzene rings is 2. The van der Waals surface area contributed by atoms with Gasteiger partial charge in [-0.15, -0.1) is 0 Å². The van der Waals surface area contributed by atoms with Gasteiger partial charge in [0, 0.05) is 23.5 Å². The lowest BCUT2D eigenvalue weighted by Gasteiger charge is -2.10. The van der Waals surface area contributed by atoms with Crippen LogP contribution >= 0.6 is 11.6 Å². The largest absolute Gasteiger partial charge is 0.487 e. The first-order valence-electron chi connectivity index (χ1n) is 6.14. The van der Waals surface area contributed by atoms with Crippen molar-refractivity contribution in [1.82, 2.24) is 0 Å². The molecule has 0 saturated carbocycles. The maximum absolute atomic E-state index is 13.1. The Morgan fingerprint density at radius 1 is 1.29 bits per heavy atom. The Balaban J connectivity index is 2.29. The molecule has 2 rings (SSSR count). The molecule has 0 heterocycles. The number of halogens is 2. The first kappa shape index (κ1) is 15.1. The average molecular weight is 311 g/mol. The smallest absolute Gasteiger partial charge is 0.311 e. The molecule has 0 fully saturated rings. The van der Waals surface area contributed by atoms with Crippen molar-refractivity contribution in [3.8, 4) is 5.75 Å². The van der Waals surface area contributed by atoms with Crippen LogP contribution in [0.5, 0.6) is 5.75 Å². The molecule has 7 heteroatoms. The van der Waals surface area contributed by atoms with E-state index in [1.165, 1.54) is 36.4 Å². The highest BCUT2D eigenvalue weighted by atomic mass is 35.5. The van der Waals surface area contributed by atoms with Crippen molar-refractivity contribution in [2.24, 2.45) is 0 Å². The molecule has 0 unspecified atom stereocenters. The van der Waals surface area contributed by atoms with E-state index < -0.39 is 10.7 Å². The zero-order chi connectivity index (χ0) is 15.4. The molecule has 2 aromatic rings. The predicted octanol–water partition coefficient (Wildman–Crippen LogP) is 4.53. The van der Waals surface area contributed by atoms with Crippen molar-refractivity contribution in [3.05, 3.63) is 57.4 Å². The van der Waals surface area contributed by atoms with Gasteiger partial charge in [0.25, 0.3) is 0 Å². The molecule has 0 atom stereocenters. The van der Waals surface area contributed by atoms with E-state index in [9.17, 15) is 14.5 Å². The molecule has 1 N–H and O–H groups in total. The first-order chi connectivity index (χ1) is 10.0. The highest BCUT2D eigenvalue weighted by Gasteiger charge is 2.15. The summed E-state index contributed by atoms with van der Waals surface area (Å²) in [6.45, 7) is 2.05. The lowest BCUT2D eigenvalue weighted by atomic mass is 10.2. The Labute approximate surface area is 125 Å². The van der Waals surface area contributed by atoms with E-state index in [4.69, 9.17) is 16.3 Å². The highest BCUT2D eigenvalue weighted by Crippen LogP contribution is 2.32. The van der Waals surface area contributed by atoms with Crippen LogP contribution in [0.3, 0.4) is 0 Å². The van der Waals surface area contributed by atoms with E-state index in [1.54, 1.807) is 6.92 Å². The van der Waals surface area contributed by atoms with Crippen LogP contribution in [0.25, 0.3) is 0 Å². The molecule has 5 nitrogen and oxygen atoms in total. The zero-order valence-electron chi connectivity index (χ0n) is 11.1. The SMILES string of the molecule is CCOc1cc(Nc2ccc(F)c(Cl)c2)ccc1[N+](=O)[O-]. The summed E-state index contributed by atoms with van der Waals surface area (Å²) in [4.78, 5) is 10.4. The molecule has 110 valence electrons. The van der Waals surface area contributed by atoms with Gasteiger partial charge < -0.3 is 10.1 Å². The number of ether oxygens (including phenoxy) is 1. The summed E-state index contributed by atoms with van der Waals surface area (Å²) in [5.41, 5.74) is 1.03. The molecule has 0 aliphatic rings. The van der Waals surface area contributed by atoms with Crippen LogP contribution in [0.2, 0.25) is 5.02 Å². The summed E-state index contributed by atoms with van der Waals surface area (Å²) in [6.07, 6.45) is 0. The van der Waals surface area contributed by atoms with E-state index in [-0.39, 0.29) is 16.5 Å². The molecule has 0 spiro atoms. The number of hydrogen-bond donors (Lipinski definition) is 1. The minimum atomic E-state index is -0.513. The number of rotatable bonds is 5. The van der Waals surface area contributed by atoms with Crippen molar-refractivity contribution < 1.29 is 14.1 Å². The third-order valence-corrected chi connectivity index (χ3v) is 2.95. The van der Waals surface area contributed by atoms with Crippen molar-refractivity contribution in [3.63, 3.8) is 0 Å². The van der Waals surface area contributed by atoms with Gasteiger partial charge in [0.2, 0.25) is 0 Å². The van der Waals surface area contributed by atoms with Crippen molar-refractivity contribution >= 4 is 28.7 Å². The summed E-state index contributed by atoms with van der Waals surface area (Å²) in [5, 5.41) is 13.9. The first-order valence-corrected chi connectivity index (χ1v) is 6.52. The Morgan fingerprint density at radius 2 is 1.95 bits per heavy atom. The summed E-state index contributed by atoms with van der Waals surface area (Å²) in [7, 11) is 0. The lowest BCUT2D eigenvalue weighted by molar-refractivity contribution is -0.385. The van der Waals surface area contributed by atoms with E-state index >= 15 is 0 Å². The lowest BCUT2D eigenvalue weighted by Crippen LogP contribution is -1.99. The molecule has 0 radical (unpaired) electrons. The Morgan fingerprint density at radius 3 is 2.57 bits per heavy atom. The van der Waals surface area contributed by atoms with E-state index in [1.807, 2.05) is 0 Å². The maximum atomic E-state index is 13.1. The molecule has 0 saturated heterocycles. The summed E-state index contributed by atoms with van der Waals surface area (Å²) >= 11 is 5.70. The van der Waals surface area contributed by atoms with Crippen LogP contribution in [-0.4, -0.2) is 11.5 Å². The van der Waals surface area contributed by atoms with Crippen LogP contribution in [0.4, 0.5) is 21.5 Å². The van der Waals surface area contributed by atoms with Gasteiger partial charge in [0.1, 0.15) is 5.82 Å². The van der Waals surface area contributed by atoms with Gasteiger partial charge in [0.15, 0.2) is 5.75 Å². The van der Waals surface area contributed by atoms with E-state index in [0.717, 1.165) is 0 Å². The normalized spacial score (nSPS) is 10.2. The predicted molar refractivity (Wildman–Crippen MR) is 79.0 cm³/mol. The van der Waals surface area contributed by atoms with Crippen LogP contribution in [0.1, 0.15) is 6.92 Å².